The minimum atomic E-state index is -0.223. The van der Waals surface area contributed by atoms with Crippen molar-refractivity contribution in [1.82, 2.24) is 0 Å². The van der Waals surface area contributed by atoms with Crippen molar-refractivity contribution >= 4 is 23.2 Å². The van der Waals surface area contributed by atoms with E-state index in [0.29, 0.717) is 17.8 Å². The fourth-order valence-electron chi connectivity index (χ4n) is 1.40. The summed E-state index contributed by atoms with van der Waals surface area (Å²) in [7, 11) is 1.46. The zero-order chi connectivity index (χ0) is 13.5. The molecule has 1 aromatic rings. The van der Waals surface area contributed by atoms with Crippen LogP contribution < -0.4 is 10.6 Å². The average Bonchev–Trinajstić information content (AvgIpc) is 2.33. The number of aryl methyl sites for hydroxylation is 1. The van der Waals surface area contributed by atoms with E-state index in [1.807, 2.05) is 13.0 Å². The molecule has 0 aromatic heterocycles. The van der Waals surface area contributed by atoms with Crippen LogP contribution in [0.2, 0.25) is 0 Å². The fourth-order valence-corrected chi connectivity index (χ4v) is 1.40. The van der Waals surface area contributed by atoms with Gasteiger partial charge in [0, 0.05) is 24.9 Å². The second kappa shape index (κ2) is 6.76. The Kier molecular flexibility index (Phi) is 5.32. The number of benzene rings is 1. The minimum Gasteiger partial charge on any atom is -0.375 e. The van der Waals surface area contributed by atoms with Gasteiger partial charge in [0.2, 0.25) is 11.8 Å². The van der Waals surface area contributed by atoms with Crippen molar-refractivity contribution in [3.63, 3.8) is 0 Å². The number of methoxy groups -OCH3 is 1. The lowest BCUT2D eigenvalue weighted by Gasteiger charge is -2.11. The van der Waals surface area contributed by atoms with Crippen molar-refractivity contribution in [2.75, 3.05) is 24.4 Å². The molecule has 1 rings (SSSR count). The number of hydrogen-bond acceptors (Lipinski definition) is 3. The summed E-state index contributed by atoms with van der Waals surface area (Å²) in [6, 6.07) is 5.37. The number of carbonyl (C=O) groups excluding carboxylic acids is 2. The number of hydrogen-bond donors (Lipinski definition) is 2. The standard InChI is InChI=1S/C13H18N2O3/c1-4-12(16)14-10-6-5-9(2)11(7-10)15-13(17)8-18-3/h5-7H,4,8H2,1-3H3,(H,14,16)(H,15,17). The maximum Gasteiger partial charge on any atom is 0.250 e. The second-order valence-electron chi connectivity index (χ2n) is 3.91. The van der Waals surface area contributed by atoms with Gasteiger partial charge in [-0.1, -0.05) is 13.0 Å². The van der Waals surface area contributed by atoms with Gasteiger partial charge < -0.3 is 15.4 Å². The minimum absolute atomic E-state index is 0.00495. The molecule has 0 saturated heterocycles. The largest absolute Gasteiger partial charge is 0.375 e. The molecular formula is C13H18N2O3. The first kappa shape index (κ1) is 14.2. The molecule has 0 aliphatic rings. The lowest BCUT2D eigenvalue weighted by atomic mass is 10.1. The SMILES string of the molecule is CCC(=O)Nc1ccc(C)c(NC(=O)COC)c1. The number of amides is 2. The van der Waals surface area contributed by atoms with Crippen molar-refractivity contribution in [3.8, 4) is 0 Å². The summed E-state index contributed by atoms with van der Waals surface area (Å²) in [4.78, 5) is 22.7. The van der Waals surface area contributed by atoms with Gasteiger partial charge in [0.15, 0.2) is 0 Å². The second-order valence-corrected chi connectivity index (χ2v) is 3.91. The van der Waals surface area contributed by atoms with Gasteiger partial charge in [-0.15, -0.1) is 0 Å². The van der Waals surface area contributed by atoms with Crippen molar-refractivity contribution in [2.24, 2.45) is 0 Å². The van der Waals surface area contributed by atoms with Crippen LogP contribution in [0.15, 0.2) is 18.2 Å². The molecule has 0 saturated carbocycles. The maximum absolute atomic E-state index is 11.4. The van der Waals surface area contributed by atoms with E-state index in [1.165, 1.54) is 7.11 Å². The summed E-state index contributed by atoms with van der Waals surface area (Å²) in [6.07, 6.45) is 0.416. The van der Waals surface area contributed by atoms with Gasteiger partial charge >= 0.3 is 0 Å². The van der Waals surface area contributed by atoms with Crippen LogP contribution in [-0.4, -0.2) is 25.5 Å². The third-order valence-corrected chi connectivity index (χ3v) is 2.39. The van der Waals surface area contributed by atoms with E-state index in [9.17, 15) is 9.59 Å². The van der Waals surface area contributed by atoms with Gasteiger partial charge in [0.1, 0.15) is 6.61 Å². The predicted octanol–water partition coefficient (Wildman–Crippen LogP) is 1.93. The third-order valence-electron chi connectivity index (χ3n) is 2.39. The zero-order valence-electron chi connectivity index (χ0n) is 10.9. The Balaban J connectivity index is 2.80. The van der Waals surface area contributed by atoms with Crippen LogP contribution in [0.4, 0.5) is 11.4 Å². The van der Waals surface area contributed by atoms with Crippen LogP contribution in [0.3, 0.4) is 0 Å². The summed E-state index contributed by atoms with van der Waals surface area (Å²) in [6.45, 7) is 3.67. The Labute approximate surface area is 107 Å². The van der Waals surface area contributed by atoms with Crippen LogP contribution in [0, 0.1) is 6.92 Å². The monoisotopic (exact) mass is 250 g/mol. The number of nitrogens with one attached hydrogen (secondary N) is 2. The molecule has 0 fully saturated rings. The van der Waals surface area contributed by atoms with E-state index in [-0.39, 0.29) is 18.4 Å². The van der Waals surface area contributed by atoms with Crippen LogP contribution in [0.25, 0.3) is 0 Å². The van der Waals surface area contributed by atoms with E-state index >= 15 is 0 Å². The van der Waals surface area contributed by atoms with Crippen molar-refractivity contribution in [2.45, 2.75) is 20.3 Å². The topological polar surface area (TPSA) is 67.4 Å². The van der Waals surface area contributed by atoms with Crippen molar-refractivity contribution < 1.29 is 14.3 Å². The maximum atomic E-state index is 11.4. The molecule has 0 atom stereocenters. The highest BCUT2D eigenvalue weighted by atomic mass is 16.5. The molecule has 5 heteroatoms. The highest BCUT2D eigenvalue weighted by Gasteiger charge is 2.06. The van der Waals surface area contributed by atoms with E-state index in [2.05, 4.69) is 10.6 Å². The quantitative estimate of drug-likeness (QED) is 0.839. The van der Waals surface area contributed by atoms with Gasteiger partial charge in [0.25, 0.3) is 0 Å². The first-order chi connectivity index (χ1) is 8.56. The molecule has 2 amide bonds. The van der Waals surface area contributed by atoms with Crippen molar-refractivity contribution in [3.05, 3.63) is 23.8 Å². The molecule has 0 spiro atoms. The molecule has 0 aliphatic carbocycles. The zero-order valence-corrected chi connectivity index (χ0v) is 10.9. The van der Waals surface area contributed by atoms with E-state index in [1.54, 1.807) is 19.1 Å². The number of rotatable bonds is 5. The third kappa shape index (κ3) is 4.18. The molecular weight excluding hydrogens is 232 g/mol. The van der Waals surface area contributed by atoms with Crippen LogP contribution >= 0.6 is 0 Å². The average molecular weight is 250 g/mol. The molecule has 18 heavy (non-hydrogen) atoms. The van der Waals surface area contributed by atoms with E-state index in [4.69, 9.17) is 4.74 Å². The van der Waals surface area contributed by atoms with Crippen LogP contribution in [-0.2, 0) is 14.3 Å². The van der Waals surface area contributed by atoms with Crippen LogP contribution in [0.1, 0.15) is 18.9 Å². The molecule has 0 heterocycles. The van der Waals surface area contributed by atoms with Gasteiger partial charge in [-0.2, -0.15) is 0 Å². The molecule has 2 N–H and O–H groups in total. The number of anilines is 2. The van der Waals surface area contributed by atoms with E-state index < -0.39 is 0 Å². The molecule has 0 aliphatic heterocycles. The van der Waals surface area contributed by atoms with Gasteiger partial charge in [-0.3, -0.25) is 9.59 Å². The summed E-state index contributed by atoms with van der Waals surface area (Å²) in [5.74, 6) is -0.285. The van der Waals surface area contributed by atoms with Crippen molar-refractivity contribution in [1.29, 1.82) is 0 Å². The number of carbonyl (C=O) groups is 2. The highest BCUT2D eigenvalue weighted by Crippen LogP contribution is 2.20. The molecule has 5 nitrogen and oxygen atoms in total. The number of ether oxygens (including phenoxy) is 1. The van der Waals surface area contributed by atoms with E-state index in [0.717, 1.165) is 5.56 Å². The normalized spacial score (nSPS) is 9.94. The molecule has 1 aromatic carbocycles. The summed E-state index contributed by atoms with van der Waals surface area (Å²) in [5.41, 5.74) is 2.26. The first-order valence-corrected chi connectivity index (χ1v) is 5.76. The Morgan fingerprint density at radius 1 is 1.22 bits per heavy atom. The fraction of sp³-hybridized carbons (Fsp3) is 0.385. The predicted molar refractivity (Wildman–Crippen MR) is 70.6 cm³/mol. The highest BCUT2D eigenvalue weighted by molar-refractivity contribution is 5.95. The van der Waals surface area contributed by atoms with Gasteiger partial charge in [-0.25, -0.2) is 0 Å². The molecule has 98 valence electrons. The lowest BCUT2D eigenvalue weighted by molar-refractivity contribution is -0.119. The Morgan fingerprint density at radius 3 is 2.56 bits per heavy atom. The Hall–Kier alpha value is -1.88. The van der Waals surface area contributed by atoms with Crippen LogP contribution in [0.5, 0.6) is 0 Å². The molecule has 0 bridgehead atoms. The molecule has 0 unspecified atom stereocenters. The summed E-state index contributed by atoms with van der Waals surface area (Å²) >= 11 is 0. The first-order valence-electron chi connectivity index (χ1n) is 5.76. The summed E-state index contributed by atoms with van der Waals surface area (Å²) in [5, 5.41) is 5.47. The van der Waals surface area contributed by atoms with Gasteiger partial charge in [0.05, 0.1) is 0 Å². The Morgan fingerprint density at radius 2 is 1.94 bits per heavy atom. The van der Waals surface area contributed by atoms with Gasteiger partial charge in [-0.05, 0) is 24.6 Å². The smallest absolute Gasteiger partial charge is 0.250 e. The molecule has 0 radical (unpaired) electrons. The Bertz CT molecular complexity index is 444. The lowest BCUT2D eigenvalue weighted by Crippen LogP contribution is -2.18. The summed E-state index contributed by atoms with van der Waals surface area (Å²) < 4.78 is 4.75.